The molecule has 18 heavy (non-hydrogen) atoms. The standard InChI is InChI=1S/C14H17N3O/c1-11(5-3-6-12(2)15)14(18)17-10-13-7-4-8-16-9-13/h3-9H,1,10,15H2,2H3,(H,17,18)/b5-3-,12-6+. The molecule has 0 saturated carbocycles. The first-order valence-electron chi connectivity index (χ1n) is 5.56. The minimum atomic E-state index is -0.210. The fourth-order valence-corrected chi connectivity index (χ4v) is 1.19. The Kier molecular flexibility index (Phi) is 5.38. The maximum absolute atomic E-state index is 11.7. The highest BCUT2D eigenvalue weighted by Gasteiger charge is 2.02. The van der Waals surface area contributed by atoms with E-state index < -0.39 is 0 Å². The van der Waals surface area contributed by atoms with Crippen molar-refractivity contribution in [2.24, 2.45) is 5.73 Å². The molecule has 4 heteroatoms. The molecule has 1 aromatic rings. The van der Waals surface area contributed by atoms with Crippen molar-refractivity contribution >= 4 is 5.91 Å². The van der Waals surface area contributed by atoms with Gasteiger partial charge in [0.05, 0.1) is 0 Å². The van der Waals surface area contributed by atoms with Crippen LogP contribution in [0, 0.1) is 0 Å². The number of amides is 1. The fraction of sp³-hybridized carbons (Fsp3) is 0.143. The summed E-state index contributed by atoms with van der Waals surface area (Å²) in [5.74, 6) is -0.210. The lowest BCUT2D eigenvalue weighted by Crippen LogP contribution is -2.23. The number of aromatic nitrogens is 1. The molecule has 3 N–H and O–H groups in total. The van der Waals surface area contributed by atoms with E-state index in [9.17, 15) is 4.79 Å². The van der Waals surface area contributed by atoms with Gasteiger partial charge < -0.3 is 11.1 Å². The summed E-state index contributed by atoms with van der Waals surface area (Å²) in [7, 11) is 0. The van der Waals surface area contributed by atoms with Gasteiger partial charge in [0.15, 0.2) is 0 Å². The molecule has 1 heterocycles. The quantitative estimate of drug-likeness (QED) is 0.610. The number of nitrogens with two attached hydrogens (primary N) is 1. The molecule has 0 unspecified atom stereocenters. The van der Waals surface area contributed by atoms with Gasteiger partial charge in [-0.3, -0.25) is 9.78 Å². The average molecular weight is 243 g/mol. The molecule has 0 aromatic carbocycles. The van der Waals surface area contributed by atoms with E-state index in [-0.39, 0.29) is 5.91 Å². The van der Waals surface area contributed by atoms with E-state index in [1.807, 2.05) is 12.1 Å². The van der Waals surface area contributed by atoms with Gasteiger partial charge in [0.2, 0.25) is 0 Å². The molecule has 0 radical (unpaired) electrons. The Morgan fingerprint density at radius 2 is 2.39 bits per heavy atom. The SMILES string of the molecule is C=C(/C=C\C=C(/C)N)C(=O)NCc1cccnc1. The Morgan fingerprint density at radius 3 is 3.00 bits per heavy atom. The van der Waals surface area contributed by atoms with Gasteiger partial charge in [0, 0.05) is 30.2 Å². The van der Waals surface area contributed by atoms with E-state index >= 15 is 0 Å². The Labute approximate surface area is 107 Å². The van der Waals surface area contributed by atoms with E-state index in [0.29, 0.717) is 17.8 Å². The summed E-state index contributed by atoms with van der Waals surface area (Å²) in [4.78, 5) is 15.6. The first-order valence-corrected chi connectivity index (χ1v) is 5.56. The van der Waals surface area contributed by atoms with E-state index in [1.54, 1.807) is 37.5 Å². The number of allylic oxidation sites excluding steroid dienone is 3. The van der Waals surface area contributed by atoms with Gasteiger partial charge in [-0.15, -0.1) is 0 Å². The number of rotatable bonds is 5. The second-order valence-electron chi connectivity index (χ2n) is 3.84. The second-order valence-corrected chi connectivity index (χ2v) is 3.84. The maximum atomic E-state index is 11.7. The van der Waals surface area contributed by atoms with Crippen LogP contribution >= 0.6 is 0 Å². The molecule has 1 aromatic heterocycles. The normalized spacial score (nSPS) is 11.5. The highest BCUT2D eigenvalue weighted by Crippen LogP contribution is 1.98. The van der Waals surface area contributed by atoms with Crippen LogP contribution < -0.4 is 11.1 Å². The lowest BCUT2D eigenvalue weighted by atomic mass is 10.2. The predicted molar refractivity (Wildman–Crippen MR) is 72.3 cm³/mol. The Morgan fingerprint density at radius 1 is 1.61 bits per heavy atom. The van der Waals surface area contributed by atoms with Gasteiger partial charge in [-0.1, -0.05) is 24.8 Å². The Balaban J connectivity index is 2.44. The fourth-order valence-electron chi connectivity index (χ4n) is 1.19. The first kappa shape index (κ1) is 13.7. The molecule has 0 spiro atoms. The van der Waals surface area contributed by atoms with Crippen LogP contribution in [0.25, 0.3) is 0 Å². The van der Waals surface area contributed by atoms with Crippen LogP contribution in [0.4, 0.5) is 0 Å². The van der Waals surface area contributed by atoms with Crippen molar-refractivity contribution in [1.29, 1.82) is 0 Å². The van der Waals surface area contributed by atoms with Crippen LogP contribution in [0.1, 0.15) is 12.5 Å². The van der Waals surface area contributed by atoms with Crippen molar-refractivity contribution in [2.75, 3.05) is 0 Å². The van der Waals surface area contributed by atoms with E-state index in [4.69, 9.17) is 5.73 Å². The van der Waals surface area contributed by atoms with Gasteiger partial charge in [0.25, 0.3) is 5.91 Å². The zero-order valence-electron chi connectivity index (χ0n) is 10.4. The van der Waals surface area contributed by atoms with Gasteiger partial charge in [0.1, 0.15) is 0 Å². The number of nitrogens with zero attached hydrogens (tertiary/aromatic N) is 1. The van der Waals surface area contributed by atoms with Crippen molar-refractivity contribution in [3.63, 3.8) is 0 Å². The van der Waals surface area contributed by atoms with Crippen LogP contribution in [0.3, 0.4) is 0 Å². The molecule has 1 amide bonds. The second kappa shape index (κ2) is 7.06. The summed E-state index contributed by atoms with van der Waals surface area (Å²) in [6, 6.07) is 3.72. The lowest BCUT2D eigenvalue weighted by Gasteiger charge is -2.04. The minimum Gasteiger partial charge on any atom is -0.402 e. The third-order valence-corrected chi connectivity index (χ3v) is 2.12. The monoisotopic (exact) mass is 243 g/mol. The van der Waals surface area contributed by atoms with Crippen molar-refractivity contribution in [1.82, 2.24) is 10.3 Å². The minimum absolute atomic E-state index is 0.210. The van der Waals surface area contributed by atoms with Gasteiger partial charge in [-0.2, -0.15) is 0 Å². The van der Waals surface area contributed by atoms with Gasteiger partial charge in [-0.05, 0) is 24.6 Å². The highest BCUT2D eigenvalue weighted by atomic mass is 16.1. The molecule has 4 nitrogen and oxygen atoms in total. The molecule has 94 valence electrons. The molecule has 0 saturated heterocycles. The third kappa shape index (κ3) is 5.12. The molecule has 0 bridgehead atoms. The number of pyridine rings is 1. The number of hydrogen-bond acceptors (Lipinski definition) is 3. The Bertz CT molecular complexity index is 471. The molecule has 0 atom stereocenters. The molecular weight excluding hydrogens is 226 g/mol. The summed E-state index contributed by atoms with van der Waals surface area (Å²) in [5.41, 5.74) is 7.47. The van der Waals surface area contributed by atoms with Crippen molar-refractivity contribution in [3.05, 3.63) is 66.2 Å². The Hall–Kier alpha value is -2.36. The number of carbonyl (C=O) groups excluding carboxylic acids is 1. The zero-order chi connectivity index (χ0) is 13.4. The van der Waals surface area contributed by atoms with E-state index in [2.05, 4.69) is 16.9 Å². The zero-order valence-corrected chi connectivity index (χ0v) is 10.4. The molecule has 0 fully saturated rings. The average Bonchev–Trinajstić information content (AvgIpc) is 2.36. The molecule has 1 rings (SSSR count). The lowest BCUT2D eigenvalue weighted by molar-refractivity contribution is -0.117. The number of hydrogen-bond donors (Lipinski definition) is 2. The van der Waals surface area contributed by atoms with Crippen LogP contribution in [-0.4, -0.2) is 10.9 Å². The molecule has 0 aliphatic heterocycles. The summed E-state index contributed by atoms with van der Waals surface area (Å²) < 4.78 is 0. The molecule has 0 aliphatic rings. The summed E-state index contributed by atoms with van der Waals surface area (Å²) in [5, 5.41) is 2.76. The van der Waals surface area contributed by atoms with Crippen molar-refractivity contribution in [2.45, 2.75) is 13.5 Å². The van der Waals surface area contributed by atoms with Crippen LogP contribution in [0.2, 0.25) is 0 Å². The predicted octanol–water partition coefficient (Wildman–Crippen LogP) is 1.67. The van der Waals surface area contributed by atoms with Crippen LogP contribution in [-0.2, 0) is 11.3 Å². The summed E-state index contributed by atoms with van der Waals surface area (Å²) in [6.45, 7) is 5.89. The van der Waals surface area contributed by atoms with E-state index in [1.165, 1.54) is 0 Å². The van der Waals surface area contributed by atoms with E-state index in [0.717, 1.165) is 5.56 Å². The van der Waals surface area contributed by atoms with Crippen LogP contribution in [0.5, 0.6) is 0 Å². The largest absolute Gasteiger partial charge is 0.402 e. The molecular formula is C14H17N3O. The topological polar surface area (TPSA) is 68.0 Å². The van der Waals surface area contributed by atoms with Gasteiger partial charge in [-0.25, -0.2) is 0 Å². The van der Waals surface area contributed by atoms with Gasteiger partial charge >= 0.3 is 0 Å². The number of nitrogens with one attached hydrogen (secondary N) is 1. The first-order chi connectivity index (χ1) is 8.59. The van der Waals surface area contributed by atoms with Crippen LogP contribution in [0.15, 0.2) is 60.6 Å². The summed E-state index contributed by atoms with van der Waals surface area (Å²) >= 11 is 0. The maximum Gasteiger partial charge on any atom is 0.250 e. The number of carbonyl (C=O) groups is 1. The molecule has 0 aliphatic carbocycles. The van der Waals surface area contributed by atoms with Crippen molar-refractivity contribution < 1.29 is 4.79 Å². The smallest absolute Gasteiger partial charge is 0.250 e. The van der Waals surface area contributed by atoms with Crippen molar-refractivity contribution in [3.8, 4) is 0 Å². The highest BCUT2D eigenvalue weighted by molar-refractivity contribution is 5.95. The summed E-state index contributed by atoms with van der Waals surface area (Å²) in [6.07, 6.45) is 8.42. The third-order valence-electron chi connectivity index (χ3n) is 2.12.